The van der Waals surface area contributed by atoms with Gasteiger partial charge in [-0.15, -0.1) is 0 Å². The first kappa shape index (κ1) is 13.1. The SMILES string of the molecule is CCC(N)c1ccc(N2CCc3ccccc3C2)cn1. The largest absolute Gasteiger partial charge is 0.366 e. The molecule has 0 spiro atoms. The molecule has 0 fully saturated rings. The van der Waals surface area contributed by atoms with E-state index >= 15 is 0 Å². The molecule has 1 aromatic heterocycles. The minimum Gasteiger partial charge on any atom is -0.366 e. The zero-order valence-electron chi connectivity index (χ0n) is 11.9. The maximum Gasteiger partial charge on any atom is 0.0572 e. The van der Waals surface area contributed by atoms with Crippen molar-refractivity contribution in [3.05, 3.63) is 59.4 Å². The summed E-state index contributed by atoms with van der Waals surface area (Å²) in [6.45, 7) is 4.11. The Balaban J connectivity index is 1.78. The second kappa shape index (κ2) is 5.63. The van der Waals surface area contributed by atoms with Gasteiger partial charge in [-0.1, -0.05) is 31.2 Å². The molecule has 1 unspecified atom stereocenters. The highest BCUT2D eigenvalue weighted by molar-refractivity contribution is 5.48. The van der Waals surface area contributed by atoms with Crippen LogP contribution in [0.15, 0.2) is 42.6 Å². The standard InChI is InChI=1S/C17H21N3/c1-2-16(18)17-8-7-15(11-19-17)20-10-9-13-5-3-4-6-14(13)12-20/h3-8,11,16H,2,9-10,12,18H2,1H3. The third-order valence-electron chi connectivity index (χ3n) is 4.09. The van der Waals surface area contributed by atoms with E-state index < -0.39 is 0 Å². The quantitative estimate of drug-likeness (QED) is 0.929. The fourth-order valence-electron chi connectivity index (χ4n) is 2.73. The van der Waals surface area contributed by atoms with E-state index in [0.717, 1.165) is 31.6 Å². The summed E-state index contributed by atoms with van der Waals surface area (Å²) in [7, 11) is 0. The zero-order valence-corrected chi connectivity index (χ0v) is 11.9. The number of benzene rings is 1. The van der Waals surface area contributed by atoms with Crippen molar-refractivity contribution in [3.63, 3.8) is 0 Å². The first-order valence-electron chi connectivity index (χ1n) is 7.31. The summed E-state index contributed by atoms with van der Waals surface area (Å²) in [6, 6.07) is 12.9. The van der Waals surface area contributed by atoms with Gasteiger partial charge in [-0.25, -0.2) is 0 Å². The van der Waals surface area contributed by atoms with Crippen LogP contribution in [-0.2, 0) is 13.0 Å². The first-order valence-corrected chi connectivity index (χ1v) is 7.31. The maximum absolute atomic E-state index is 6.01. The van der Waals surface area contributed by atoms with Gasteiger partial charge in [0, 0.05) is 19.1 Å². The Labute approximate surface area is 120 Å². The van der Waals surface area contributed by atoms with Crippen LogP contribution < -0.4 is 10.6 Å². The normalized spacial score (nSPS) is 15.8. The second-order valence-electron chi connectivity index (χ2n) is 5.40. The highest BCUT2D eigenvalue weighted by atomic mass is 15.1. The van der Waals surface area contributed by atoms with Crippen LogP contribution in [0, 0.1) is 0 Å². The molecule has 2 N–H and O–H groups in total. The van der Waals surface area contributed by atoms with Crippen molar-refractivity contribution in [1.29, 1.82) is 0 Å². The Kier molecular flexibility index (Phi) is 3.70. The van der Waals surface area contributed by atoms with Gasteiger partial charge in [-0.2, -0.15) is 0 Å². The molecule has 0 saturated carbocycles. The molecule has 0 radical (unpaired) electrons. The molecule has 0 bridgehead atoms. The average molecular weight is 267 g/mol. The minimum atomic E-state index is 0.0473. The Morgan fingerprint density at radius 1 is 1.20 bits per heavy atom. The second-order valence-corrected chi connectivity index (χ2v) is 5.40. The van der Waals surface area contributed by atoms with Crippen molar-refractivity contribution in [2.24, 2.45) is 5.73 Å². The van der Waals surface area contributed by atoms with E-state index in [0.29, 0.717) is 0 Å². The Hall–Kier alpha value is -1.87. The van der Waals surface area contributed by atoms with Crippen molar-refractivity contribution in [2.75, 3.05) is 11.4 Å². The fraction of sp³-hybridized carbons (Fsp3) is 0.353. The lowest BCUT2D eigenvalue weighted by atomic mass is 9.99. The smallest absolute Gasteiger partial charge is 0.0572 e. The van der Waals surface area contributed by atoms with Crippen molar-refractivity contribution in [1.82, 2.24) is 4.98 Å². The van der Waals surface area contributed by atoms with Gasteiger partial charge in [0.1, 0.15) is 0 Å². The summed E-state index contributed by atoms with van der Waals surface area (Å²) in [5.74, 6) is 0. The molecule has 1 aliphatic heterocycles. The zero-order chi connectivity index (χ0) is 13.9. The Morgan fingerprint density at radius 3 is 2.70 bits per heavy atom. The van der Waals surface area contributed by atoms with Gasteiger partial charge in [0.25, 0.3) is 0 Å². The summed E-state index contributed by atoms with van der Waals surface area (Å²) < 4.78 is 0. The minimum absolute atomic E-state index is 0.0473. The molecule has 2 aromatic rings. The van der Waals surface area contributed by atoms with Gasteiger partial charge in [-0.05, 0) is 36.1 Å². The van der Waals surface area contributed by atoms with Crippen LogP contribution >= 0.6 is 0 Å². The Bertz CT molecular complexity index is 577. The van der Waals surface area contributed by atoms with Crippen LogP contribution in [0.3, 0.4) is 0 Å². The number of anilines is 1. The predicted octanol–water partition coefficient (Wildman–Crippen LogP) is 3.05. The van der Waals surface area contributed by atoms with Gasteiger partial charge in [0.05, 0.1) is 17.6 Å². The molecule has 1 aliphatic rings. The molecule has 0 aliphatic carbocycles. The molecule has 0 saturated heterocycles. The summed E-state index contributed by atoms with van der Waals surface area (Å²) in [5, 5.41) is 0. The molecule has 1 atom stereocenters. The lowest BCUT2D eigenvalue weighted by Crippen LogP contribution is -2.30. The number of nitrogens with two attached hydrogens (primary N) is 1. The van der Waals surface area contributed by atoms with E-state index in [2.05, 4.69) is 53.2 Å². The van der Waals surface area contributed by atoms with Gasteiger partial charge in [0.15, 0.2) is 0 Å². The van der Waals surface area contributed by atoms with Crippen molar-refractivity contribution >= 4 is 5.69 Å². The van der Waals surface area contributed by atoms with E-state index in [4.69, 9.17) is 5.73 Å². The molecular weight excluding hydrogens is 246 g/mol. The summed E-state index contributed by atoms with van der Waals surface area (Å²) in [6.07, 6.45) is 3.98. The van der Waals surface area contributed by atoms with Gasteiger partial charge < -0.3 is 10.6 Å². The molecule has 3 rings (SSSR count). The van der Waals surface area contributed by atoms with Crippen LogP contribution in [0.5, 0.6) is 0 Å². The first-order chi connectivity index (χ1) is 9.78. The van der Waals surface area contributed by atoms with Crippen molar-refractivity contribution in [3.8, 4) is 0 Å². The van der Waals surface area contributed by atoms with Crippen molar-refractivity contribution in [2.45, 2.75) is 32.4 Å². The monoisotopic (exact) mass is 267 g/mol. The lowest BCUT2D eigenvalue weighted by molar-refractivity contribution is 0.673. The lowest BCUT2D eigenvalue weighted by Gasteiger charge is -2.30. The van der Waals surface area contributed by atoms with Gasteiger partial charge in [-0.3, -0.25) is 4.98 Å². The highest BCUT2D eigenvalue weighted by Gasteiger charge is 2.16. The molecule has 104 valence electrons. The molecular formula is C17H21N3. The van der Waals surface area contributed by atoms with Crippen LogP contribution in [0.25, 0.3) is 0 Å². The molecule has 1 aromatic carbocycles. The number of rotatable bonds is 3. The van der Waals surface area contributed by atoms with Crippen LogP contribution in [-0.4, -0.2) is 11.5 Å². The molecule has 20 heavy (non-hydrogen) atoms. The van der Waals surface area contributed by atoms with Gasteiger partial charge in [0.2, 0.25) is 0 Å². The van der Waals surface area contributed by atoms with Gasteiger partial charge >= 0.3 is 0 Å². The van der Waals surface area contributed by atoms with Crippen LogP contribution in [0.4, 0.5) is 5.69 Å². The summed E-state index contributed by atoms with van der Waals surface area (Å²) in [4.78, 5) is 6.90. The fourth-order valence-corrected chi connectivity index (χ4v) is 2.73. The topological polar surface area (TPSA) is 42.1 Å². The number of hydrogen-bond acceptors (Lipinski definition) is 3. The number of aromatic nitrogens is 1. The van der Waals surface area contributed by atoms with Crippen molar-refractivity contribution < 1.29 is 0 Å². The summed E-state index contributed by atoms with van der Waals surface area (Å²) in [5.41, 5.74) is 11.1. The summed E-state index contributed by atoms with van der Waals surface area (Å²) >= 11 is 0. The molecule has 0 amide bonds. The van der Waals surface area contributed by atoms with E-state index in [1.165, 1.54) is 16.8 Å². The van der Waals surface area contributed by atoms with E-state index in [1.807, 2.05) is 6.20 Å². The molecule has 3 heteroatoms. The molecule has 3 nitrogen and oxygen atoms in total. The number of fused-ring (bicyclic) bond motifs is 1. The maximum atomic E-state index is 6.01. The molecule has 2 heterocycles. The third kappa shape index (κ3) is 2.54. The van der Waals surface area contributed by atoms with E-state index in [1.54, 1.807) is 0 Å². The Morgan fingerprint density at radius 2 is 2.00 bits per heavy atom. The van der Waals surface area contributed by atoms with Crippen LogP contribution in [0.1, 0.15) is 36.2 Å². The average Bonchev–Trinajstić information content (AvgIpc) is 2.54. The van der Waals surface area contributed by atoms with Crippen LogP contribution in [0.2, 0.25) is 0 Å². The van der Waals surface area contributed by atoms with E-state index in [9.17, 15) is 0 Å². The van der Waals surface area contributed by atoms with E-state index in [-0.39, 0.29) is 6.04 Å². The number of pyridine rings is 1. The highest BCUT2D eigenvalue weighted by Crippen LogP contribution is 2.24. The third-order valence-corrected chi connectivity index (χ3v) is 4.09. The number of hydrogen-bond donors (Lipinski definition) is 1. The predicted molar refractivity (Wildman–Crippen MR) is 82.7 cm³/mol. The number of nitrogens with zero attached hydrogens (tertiary/aromatic N) is 2.